The molecule has 0 aromatic heterocycles. The Morgan fingerprint density at radius 2 is 2.29 bits per heavy atom. The summed E-state index contributed by atoms with van der Waals surface area (Å²) < 4.78 is 5.29. The van der Waals surface area contributed by atoms with Gasteiger partial charge in [0.2, 0.25) is 5.91 Å². The number of nitrogens with one attached hydrogen (secondary N) is 1. The third-order valence-corrected chi connectivity index (χ3v) is 4.22. The summed E-state index contributed by atoms with van der Waals surface area (Å²) in [5.41, 5.74) is -0.555. The molecule has 1 aliphatic rings. The topological polar surface area (TPSA) is 58.6 Å². The van der Waals surface area contributed by atoms with Gasteiger partial charge in [-0.15, -0.1) is 0 Å². The van der Waals surface area contributed by atoms with Gasteiger partial charge in [-0.25, -0.2) is 0 Å². The lowest BCUT2D eigenvalue weighted by Crippen LogP contribution is -2.38. The van der Waals surface area contributed by atoms with E-state index in [9.17, 15) is 9.90 Å². The van der Waals surface area contributed by atoms with Crippen molar-refractivity contribution in [3.05, 3.63) is 34.9 Å². The van der Waals surface area contributed by atoms with Crippen molar-refractivity contribution in [3.63, 3.8) is 0 Å². The molecule has 0 spiro atoms. The van der Waals surface area contributed by atoms with Gasteiger partial charge in [0, 0.05) is 30.2 Å². The Hall–Kier alpha value is -1.10. The first-order valence-electron chi connectivity index (χ1n) is 7.31. The third kappa shape index (κ3) is 4.70. The van der Waals surface area contributed by atoms with Crippen molar-refractivity contribution >= 4 is 17.5 Å². The van der Waals surface area contributed by atoms with Gasteiger partial charge in [0.15, 0.2) is 0 Å². The maximum absolute atomic E-state index is 11.9. The van der Waals surface area contributed by atoms with Gasteiger partial charge in [0.05, 0.1) is 6.54 Å². The lowest BCUT2D eigenvalue weighted by Gasteiger charge is -2.25. The standard InChI is InChI=1S/C16H22ClNO3/c1-16(20,13-4-2-3-5-14(13)17)11-18-15(19)7-6-12-8-9-21-10-12/h2-5,12,20H,6-11H2,1H3,(H,18,19)/t12-,16-/m0/s1. The first-order chi connectivity index (χ1) is 9.99. The van der Waals surface area contributed by atoms with Crippen molar-refractivity contribution in [1.82, 2.24) is 5.32 Å². The zero-order valence-electron chi connectivity index (χ0n) is 12.3. The van der Waals surface area contributed by atoms with Gasteiger partial charge < -0.3 is 15.2 Å². The number of ether oxygens (including phenoxy) is 1. The molecule has 0 aliphatic carbocycles. The van der Waals surface area contributed by atoms with Crippen LogP contribution in [0.2, 0.25) is 5.02 Å². The first kappa shape index (κ1) is 16.3. The maximum Gasteiger partial charge on any atom is 0.220 e. The molecule has 0 radical (unpaired) electrons. The summed E-state index contributed by atoms with van der Waals surface area (Å²) in [5, 5.41) is 13.8. The van der Waals surface area contributed by atoms with E-state index in [0.29, 0.717) is 22.9 Å². The van der Waals surface area contributed by atoms with Crippen LogP contribution in [0.15, 0.2) is 24.3 Å². The van der Waals surface area contributed by atoms with Crippen LogP contribution in [0.1, 0.15) is 31.7 Å². The Balaban J connectivity index is 1.80. The number of aliphatic hydroxyl groups is 1. The van der Waals surface area contributed by atoms with Gasteiger partial charge in [-0.3, -0.25) is 4.79 Å². The molecule has 116 valence electrons. The van der Waals surface area contributed by atoms with E-state index in [1.807, 2.05) is 12.1 Å². The van der Waals surface area contributed by atoms with E-state index < -0.39 is 5.60 Å². The van der Waals surface area contributed by atoms with Gasteiger partial charge in [-0.05, 0) is 31.7 Å². The van der Waals surface area contributed by atoms with Crippen molar-refractivity contribution in [1.29, 1.82) is 0 Å². The maximum atomic E-state index is 11.9. The van der Waals surface area contributed by atoms with Crippen molar-refractivity contribution in [2.45, 2.75) is 31.8 Å². The number of rotatable bonds is 6. The highest BCUT2D eigenvalue weighted by atomic mass is 35.5. The van der Waals surface area contributed by atoms with Crippen LogP contribution in [0.5, 0.6) is 0 Å². The predicted molar refractivity (Wildman–Crippen MR) is 82.2 cm³/mol. The minimum Gasteiger partial charge on any atom is -0.384 e. The molecule has 2 rings (SSSR count). The Kier molecular flexibility index (Phi) is 5.62. The number of carbonyl (C=O) groups excluding carboxylic acids is 1. The lowest BCUT2D eigenvalue weighted by molar-refractivity contribution is -0.122. The van der Waals surface area contributed by atoms with E-state index in [2.05, 4.69) is 5.32 Å². The molecule has 21 heavy (non-hydrogen) atoms. The Morgan fingerprint density at radius 3 is 2.95 bits per heavy atom. The van der Waals surface area contributed by atoms with Crippen molar-refractivity contribution in [2.24, 2.45) is 5.92 Å². The van der Waals surface area contributed by atoms with Crippen LogP contribution in [0, 0.1) is 5.92 Å². The molecule has 1 aromatic carbocycles. The first-order valence-corrected chi connectivity index (χ1v) is 7.68. The number of amides is 1. The van der Waals surface area contributed by atoms with Gasteiger partial charge >= 0.3 is 0 Å². The van der Waals surface area contributed by atoms with Crippen molar-refractivity contribution in [2.75, 3.05) is 19.8 Å². The van der Waals surface area contributed by atoms with Gasteiger partial charge in [0.25, 0.3) is 0 Å². The number of halogens is 1. The highest BCUT2D eigenvalue weighted by Gasteiger charge is 2.26. The average Bonchev–Trinajstić information content (AvgIpc) is 2.96. The Labute approximate surface area is 130 Å². The van der Waals surface area contributed by atoms with Gasteiger partial charge in [-0.2, -0.15) is 0 Å². The number of hydrogen-bond donors (Lipinski definition) is 2. The summed E-state index contributed by atoms with van der Waals surface area (Å²) in [6.07, 6.45) is 2.33. The summed E-state index contributed by atoms with van der Waals surface area (Å²) >= 11 is 6.08. The normalized spacial score (nSPS) is 21.0. The molecule has 0 unspecified atom stereocenters. The predicted octanol–water partition coefficient (Wildman–Crippen LogP) is 2.48. The minimum absolute atomic E-state index is 0.0470. The monoisotopic (exact) mass is 311 g/mol. The highest BCUT2D eigenvalue weighted by molar-refractivity contribution is 6.31. The molecule has 4 nitrogen and oxygen atoms in total. The van der Waals surface area contributed by atoms with Gasteiger partial charge in [-0.1, -0.05) is 29.8 Å². The zero-order chi connectivity index (χ0) is 15.3. The molecular weight excluding hydrogens is 290 g/mol. The molecule has 2 atom stereocenters. The average molecular weight is 312 g/mol. The van der Waals surface area contributed by atoms with Crippen LogP contribution in [-0.2, 0) is 15.1 Å². The largest absolute Gasteiger partial charge is 0.384 e. The SMILES string of the molecule is C[C@](O)(CNC(=O)CC[C@H]1CCOC1)c1ccccc1Cl. The van der Waals surface area contributed by atoms with Crippen molar-refractivity contribution < 1.29 is 14.6 Å². The fraction of sp³-hybridized carbons (Fsp3) is 0.562. The molecule has 5 heteroatoms. The summed E-state index contributed by atoms with van der Waals surface area (Å²) in [5.74, 6) is 0.439. The zero-order valence-corrected chi connectivity index (χ0v) is 13.0. The van der Waals surface area contributed by atoms with Crippen molar-refractivity contribution in [3.8, 4) is 0 Å². The molecule has 1 aromatic rings. The number of benzene rings is 1. The Bertz CT molecular complexity index is 484. The van der Waals surface area contributed by atoms with Crippen LogP contribution in [-0.4, -0.2) is 30.8 Å². The summed E-state index contributed by atoms with van der Waals surface area (Å²) in [6.45, 7) is 3.36. The summed E-state index contributed by atoms with van der Waals surface area (Å²) in [6, 6.07) is 7.12. The quantitative estimate of drug-likeness (QED) is 0.848. The third-order valence-electron chi connectivity index (χ3n) is 3.89. The molecule has 1 amide bonds. The van der Waals surface area contributed by atoms with Crippen LogP contribution in [0.4, 0.5) is 0 Å². The second-order valence-corrected chi connectivity index (χ2v) is 6.21. The van der Waals surface area contributed by atoms with Gasteiger partial charge in [0.1, 0.15) is 5.60 Å². The van der Waals surface area contributed by atoms with E-state index in [1.54, 1.807) is 19.1 Å². The lowest BCUT2D eigenvalue weighted by atomic mass is 9.95. The van der Waals surface area contributed by atoms with Crippen LogP contribution in [0.3, 0.4) is 0 Å². The van der Waals surface area contributed by atoms with E-state index in [-0.39, 0.29) is 12.5 Å². The smallest absolute Gasteiger partial charge is 0.220 e. The second-order valence-electron chi connectivity index (χ2n) is 5.80. The molecule has 0 bridgehead atoms. The fourth-order valence-corrected chi connectivity index (χ4v) is 2.84. The Morgan fingerprint density at radius 1 is 1.52 bits per heavy atom. The summed E-state index contributed by atoms with van der Waals surface area (Å²) in [4.78, 5) is 11.9. The van der Waals surface area contributed by atoms with E-state index >= 15 is 0 Å². The van der Waals surface area contributed by atoms with E-state index in [0.717, 1.165) is 26.1 Å². The van der Waals surface area contributed by atoms with E-state index in [4.69, 9.17) is 16.3 Å². The molecule has 1 heterocycles. The molecule has 1 fully saturated rings. The van der Waals surface area contributed by atoms with Crippen LogP contribution >= 0.6 is 11.6 Å². The molecule has 1 aliphatic heterocycles. The molecular formula is C16H22ClNO3. The summed E-state index contributed by atoms with van der Waals surface area (Å²) in [7, 11) is 0. The fourth-order valence-electron chi connectivity index (χ4n) is 2.50. The second kappa shape index (κ2) is 7.25. The molecule has 2 N–H and O–H groups in total. The number of carbonyl (C=O) groups is 1. The van der Waals surface area contributed by atoms with E-state index in [1.165, 1.54) is 0 Å². The molecule has 0 saturated carbocycles. The van der Waals surface area contributed by atoms with Crippen LogP contribution in [0.25, 0.3) is 0 Å². The minimum atomic E-state index is -1.18. The molecule has 1 saturated heterocycles. The number of hydrogen-bond acceptors (Lipinski definition) is 3. The van der Waals surface area contributed by atoms with Crippen LogP contribution < -0.4 is 5.32 Å². The highest BCUT2D eigenvalue weighted by Crippen LogP contribution is 2.27.